The third-order valence-corrected chi connectivity index (χ3v) is 5.86. The molecule has 0 amide bonds. The molecule has 0 aliphatic rings. The number of nitrogens with zero attached hydrogens (tertiary/aromatic N) is 1. The number of hydrogen-bond donors (Lipinski definition) is 1. The van der Waals surface area contributed by atoms with Crippen molar-refractivity contribution in [2.75, 3.05) is 19.0 Å². The summed E-state index contributed by atoms with van der Waals surface area (Å²) in [6.45, 7) is 0. The van der Waals surface area contributed by atoms with E-state index in [0.717, 1.165) is 11.1 Å². The fourth-order valence-electron chi connectivity index (χ4n) is 2.48. The summed E-state index contributed by atoms with van der Waals surface area (Å²) in [5, 5.41) is -0.312. The van der Waals surface area contributed by atoms with Crippen LogP contribution in [0.25, 0.3) is 10.8 Å². The maximum Gasteiger partial charge on any atom is 0.221 e. The quantitative estimate of drug-likeness (QED) is 0.806. The molecule has 0 spiro atoms. The Balaban J connectivity index is 2.55. The number of fused-ring (bicyclic) bond motifs is 1. The van der Waals surface area contributed by atoms with Gasteiger partial charge in [-0.1, -0.05) is 24.3 Å². The molecular weight excluding hydrogens is 336 g/mol. The molecule has 0 heterocycles. The molecular formula is C16H19ClN2O3S. The van der Waals surface area contributed by atoms with Gasteiger partial charge in [-0.15, -0.1) is 0 Å². The molecule has 2 aromatic carbocycles. The summed E-state index contributed by atoms with van der Waals surface area (Å²) in [6.07, 6.45) is -0.0793. The molecule has 2 N–H and O–H groups in total. The highest BCUT2D eigenvalue weighted by atomic mass is 35.5. The van der Waals surface area contributed by atoms with Crippen molar-refractivity contribution in [3.63, 3.8) is 0 Å². The Morgan fingerprint density at radius 3 is 2.39 bits per heavy atom. The molecule has 2 rings (SSSR count). The highest BCUT2D eigenvalue weighted by Gasteiger charge is 2.26. The summed E-state index contributed by atoms with van der Waals surface area (Å²) in [6, 6.07) is 10.6. The van der Waals surface area contributed by atoms with Crippen LogP contribution in [0.3, 0.4) is 0 Å². The van der Waals surface area contributed by atoms with Crippen LogP contribution in [0, 0.1) is 0 Å². The molecule has 0 saturated heterocycles. The third-order valence-electron chi connectivity index (χ3n) is 3.67. The van der Waals surface area contributed by atoms with Crippen molar-refractivity contribution in [1.82, 2.24) is 0 Å². The van der Waals surface area contributed by atoms with E-state index >= 15 is 0 Å². The first-order chi connectivity index (χ1) is 10.7. The summed E-state index contributed by atoms with van der Waals surface area (Å²) in [5.41, 5.74) is 6.73. The van der Waals surface area contributed by atoms with Gasteiger partial charge >= 0.3 is 0 Å². The van der Waals surface area contributed by atoms with Crippen LogP contribution in [0.2, 0.25) is 0 Å². The predicted octanol–water partition coefficient (Wildman–Crippen LogP) is 2.51. The lowest BCUT2D eigenvalue weighted by atomic mass is 10.1. The second kappa shape index (κ2) is 6.86. The van der Waals surface area contributed by atoms with Crippen LogP contribution in [-0.4, -0.2) is 33.1 Å². The Kier molecular flexibility index (Phi) is 5.29. The highest BCUT2D eigenvalue weighted by Crippen LogP contribution is 2.31. The maximum atomic E-state index is 12.7. The van der Waals surface area contributed by atoms with Gasteiger partial charge in [0.2, 0.25) is 5.24 Å². The normalized spacial score (nSPS) is 13.0. The number of nitrogens with two attached hydrogens (primary N) is 1. The molecule has 0 aliphatic carbocycles. The smallest absolute Gasteiger partial charge is 0.221 e. The first-order valence-corrected chi connectivity index (χ1v) is 9.04. The first-order valence-electron chi connectivity index (χ1n) is 7.12. The minimum Gasteiger partial charge on any atom is -0.377 e. The fourth-order valence-corrected chi connectivity index (χ4v) is 4.09. The van der Waals surface area contributed by atoms with Crippen LogP contribution in [0.15, 0.2) is 41.3 Å². The Labute approximate surface area is 140 Å². The van der Waals surface area contributed by atoms with Gasteiger partial charge in [-0.2, -0.15) is 0 Å². The fraction of sp³-hybridized carbons (Fsp3) is 0.312. The number of hydrogen-bond acceptors (Lipinski definition) is 5. The zero-order valence-corrected chi connectivity index (χ0v) is 14.6. The van der Waals surface area contributed by atoms with Crippen LogP contribution in [0.1, 0.15) is 12.8 Å². The van der Waals surface area contributed by atoms with E-state index in [-0.39, 0.29) is 17.7 Å². The molecule has 7 heteroatoms. The number of anilines is 1. The number of benzene rings is 2. The van der Waals surface area contributed by atoms with Crippen molar-refractivity contribution in [1.29, 1.82) is 0 Å². The molecule has 1 atom stereocenters. The minimum atomic E-state index is -3.76. The predicted molar refractivity (Wildman–Crippen MR) is 93.5 cm³/mol. The lowest BCUT2D eigenvalue weighted by Gasteiger charge is -2.18. The Hall–Kier alpha value is -1.63. The Morgan fingerprint density at radius 2 is 1.78 bits per heavy atom. The summed E-state index contributed by atoms with van der Waals surface area (Å²) in [7, 11) is 0.0379. The molecule has 0 aliphatic heterocycles. The average molecular weight is 355 g/mol. The summed E-state index contributed by atoms with van der Waals surface area (Å²) >= 11 is 5.27. The number of halogens is 1. The van der Waals surface area contributed by atoms with Crippen molar-refractivity contribution in [3.8, 4) is 0 Å². The highest BCUT2D eigenvalue weighted by molar-refractivity contribution is 7.92. The van der Waals surface area contributed by atoms with Gasteiger partial charge in [0.1, 0.15) is 5.37 Å². The van der Waals surface area contributed by atoms with E-state index in [4.69, 9.17) is 17.3 Å². The van der Waals surface area contributed by atoms with Crippen molar-refractivity contribution in [2.24, 2.45) is 5.73 Å². The van der Waals surface area contributed by atoms with E-state index in [1.165, 1.54) is 0 Å². The summed E-state index contributed by atoms with van der Waals surface area (Å²) in [5.74, 6) is 0. The van der Waals surface area contributed by atoms with E-state index in [1.54, 1.807) is 18.2 Å². The lowest BCUT2D eigenvalue weighted by molar-refractivity contribution is -0.111. The van der Waals surface area contributed by atoms with Crippen LogP contribution < -0.4 is 10.6 Å². The molecule has 5 nitrogen and oxygen atoms in total. The maximum absolute atomic E-state index is 12.7. The minimum absolute atomic E-state index is 0.00553. The van der Waals surface area contributed by atoms with Gasteiger partial charge in [0.15, 0.2) is 9.84 Å². The van der Waals surface area contributed by atoms with Crippen LogP contribution >= 0.6 is 11.6 Å². The molecule has 0 radical (unpaired) electrons. The van der Waals surface area contributed by atoms with Crippen molar-refractivity contribution in [2.45, 2.75) is 23.1 Å². The summed E-state index contributed by atoms with van der Waals surface area (Å²) < 4.78 is 25.5. The van der Waals surface area contributed by atoms with Crippen LogP contribution in [-0.2, 0) is 14.6 Å². The molecule has 0 bridgehead atoms. The van der Waals surface area contributed by atoms with Gasteiger partial charge in [0.25, 0.3) is 0 Å². The topological polar surface area (TPSA) is 80.5 Å². The van der Waals surface area contributed by atoms with Gasteiger partial charge in [-0.3, -0.25) is 4.79 Å². The lowest BCUT2D eigenvalue weighted by Crippen LogP contribution is -2.31. The molecule has 0 saturated carbocycles. The van der Waals surface area contributed by atoms with Gasteiger partial charge < -0.3 is 10.6 Å². The van der Waals surface area contributed by atoms with Crippen molar-refractivity contribution < 1.29 is 13.2 Å². The van der Waals surface area contributed by atoms with E-state index in [9.17, 15) is 13.2 Å². The van der Waals surface area contributed by atoms with E-state index < -0.39 is 20.5 Å². The van der Waals surface area contributed by atoms with E-state index in [0.29, 0.717) is 5.39 Å². The van der Waals surface area contributed by atoms with Gasteiger partial charge in [-0.25, -0.2) is 8.42 Å². The molecule has 1 unspecified atom stereocenters. The average Bonchev–Trinajstić information content (AvgIpc) is 2.50. The second-order valence-corrected chi connectivity index (χ2v) is 8.06. The zero-order chi connectivity index (χ0) is 17.2. The monoisotopic (exact) mass is 354 g/mol. The number of carbonyl (C=O) groups excluding carboxylic acids is 1. The molecule has 0 fully saturated rings. The molecule has 23 heavy (non-hydrogen) atoms. The zero-order valence-electron chi connectivity index (χ0n) is 13.0. The SMILES string of the molecule is CN(C)c1cccc2c(S(=O)(=O)C(N)CCC(=O)Cl)cccc12. The third kappa shape index (κ3) is 3.65. The number of sulfone groups is 1. The van der Waals surface area contributed by atoms with Gasteiger partial charge in [0.05, 0.1) is 4.90 Å². The number of rotatable bonds is 6. The van der Waals surface area contributed by atoms with Crippen molar-refractivity contribution >= 4 is 43.1 Å². The Bertz CT molecular complexity index is 834. The first kappa shape index (κ1) is 17.7. The van der Waals surface area contributed by atoms with Crippen molar-refractivity contribution in [3.05, 3.63) is 36.4 Å². The summed E-state index contributed by atoms with van der Waals surface area (Å²) in [4.78, 5) is 12.9. The molecule has 0 aromatic heterocycles. The molecule has 2 aromatic rings. The molecule has 124 valence electrons. The standard InChI is InChI=1S/C16H19ClN2O3S/c1-19(2)13-7-3-6-12-11(13)5-4-8-14(12)23(21,22)16(18)10-9-15(17)20/h3-8,16H,9-10,18H2,1-2H3. The second-order valence-electron chi connectivity index (χ2n) is 5.50. The van der Waals surface area contributed by atoms with Crippen LogP contribution in [0.5, 0.6) is 0 Å². The number of carbonyl (C=O) groups is 1. The largest absolute Gasteiger partial charge is 0.377 e. The van der Waals surface area contributed by atoms with Gasteiger partial charge in [-0.05, 0) is 30.2 Å². The van der Waals surface area contributed by atoms with E-state index in [1.807, 2.05) is 37.2 Å². The van der Waals surface area contributed by atoms with Gasteiger partial charge in [0, 0.05) is 37.0 Å². The Morgan fingerprint density at radius 1 is 1.17 bits per heavy atom. The van der Waals surface area contributed by atoms with E-state index in [2.05, 4.69) is 0 Å². The van der Waals surface area contributed by atoms with Crippen LogP contribution in [0.4, 0.5) is 5.69 Å².